The lowest BCUT2D eigenvalue weighted by atomic mass is 10.0. The highest BCUT2D eigenvalue weighted by molar-refractivity contribution is 14.1. The highest BCUT2D eigenvalue weighted by Gasteiger charge is 2.13. The Morgan fingerprint density at radius 3 is 2.45 bits per heavy atom. The number of benzene rings is 3. The number of ether oxygens (including phenoxy) is 2. The Kier molecular flexibility index (Phi) is 7.62. The highest BCUT2D eigenvalue weighted by Crippen LogP contribution is 2.36. The molecule has 0 atom stereocenters. The number of nitro groups is 1. The molecule has 6 nitrogen and oxygen atoms in total. The molecule has 31 heavy (non-hydrogen) atoms. The predicted molar refractivity (Wildman–Crippen MR) is 128 cm³/mol. The van der Waals surface area contributed by atoms with Crippen molar-refractivity contribution in [1.82, 2.24) is 0 Å². The molecule has 0 aliphatic carbocycles. The van der Waals surface area contributed by atoms with Gasteiger partial charge in [0.1, 0.15) is 6.61 Å². The Labute approximate surface area is 194 Å². The zero-order chi connectivity index (χ0) is 22.2. The second-order valence-corrected chi connectivity index (χ2v) is 7.67. The summed E-state index contributed by atoms with van der Waals surface area (Å²) in [5.41, 5.74) is 2.80. The van der Waals surface area contributed by atoms with E-state index in [1.807, 2.05) is 49.4 Å². The lowest BCUT2D eigenvalue weighted by Gasteiger charge is -2.15. The van der Waals surface area contributed by atoms with Crippen LogP contribution < -0.4 is 9.47 Å². The highest BCUT2D eigenvalue weighted by atomic mass is 127. The van der Waals surface area contributed by atoms with Crippen molar-refractivity contribution in [3.8, 4) is 17.6 Å². The number of hydrogen-bond acceptors (Lipinski definition) is 5. The van der Waals surface area contributed by atoms with Crippen LogP contribution in [0, 0.1) is 25.0 Å². The third kappa shape index (κ3) is 5.83. The molecular weight excluding hydrogens is 507 g/mol. The largest absolute Gasteiger partial charge is 0.490 e. The van der Waals surface area contributed by atoms with Gasteiger partial charge in [-0.05, 0) is 76.5 Å². The summed E-state index contributed by atoms with van der Waals surface area (Å²) in [5.74, 6) is 1.25. The van der Waals surface area contributed by atoms with Crippen LogP contribution in [0.1, 0.15) is 23.6 Å². The Balaban J connectivity index is 1.91. The number of nitro benzene ring substituents is 1. The molecule has 0 heterocycles. The van der Waals surface area contributed by atoms with Crippen molar-refractivity contribution in [2.45, 2.75) is 13.5 Å². The first-order valence-electron chi connectivity index (χ1n) is 9.51. The van der Waals surface area contributed by atoms with Gasteiger partial charge >= 0.3 is 0 Å². The first-order chi connectivity index (χ1) is 15.0. The van der Waals surface area contributed by atoms with Crippen molar-refractivity contribution in [3.05, 3.63) is 97.1 Å². The minimum Gasteiger partial charge on any atom is -0.490 e. The zero-order valence-electron chi connectivity index (χ0n) is 16.7. The molecule has 3 aromatic carbocycles. The molecule has 0 unspecified atom stereocenters. The number of hydrogen-bond donors (Lipinski definition) is 0. The molecule has 0 saturated heterocycles. The number of rotatable bonds is 8. The first kappa shape index (κ1) is 22.3. The van der Waals surface area contributed by atoms with E-state index in [0.717, 1.165) is 14.7 Å². The fraction of sp³-hybridized carbons (Fsp3) is 0.125. The molecule has 3 aromatic rings. The van der Waals surface area contributed by atoms with Crippen molar-refractivity contribution in [2.24, 2.45) is 0 Å². The average molecular weight is 526 g/mol. The second kappa shape index (κ2) is 10.6. The van der Waals surface area contributed by atoms with Crippen molar-refractivity contribution < 1.29 is 14.4 Å². The smallest absolute Gasteiger partial charge is 0.269 e. The molecule has 0 aliphatic rings. The van der Waals surface area contributed by atoms with E-state index in [2.05, 4.69) is 28.7 Å². The van der Waals surface area contributed by atoms with Gasteiger partial charge in [0.15, 0.2) is 11.5 Å². The fourth-order valence-corrected chi connectivity index (χ4v) is 3.69. The molecule has 0 saturated carbocycles. The van der Waals surface area contributed by atoms with Crippen LogP contribution in [0.3, 0.4) is 0 Å². The van der Waals surface area contributed by atoms with E-state index in [1.54, 1.807) is 18.2 Å². The molecule has 0 fully saturated rings. The third-order valence-corrected chi connectivity index (χ3v) is 5.18. The number of nitriles is 1. The van der Waals surface area contributed by atoms with Crippen LogP contribution in [0.2, 0.25) is 0 Å². The van der Waals surface area contributed by atoms with Gasteiger partial charge < -0.3 is 9.47 Å². The number of nitrogens with zero attached hydrogens (tertiary/aromatic N) is 2. The van der Waals surface area contributed by atoms with E-state index in [9.17, 15) is 15.4 Å². The summed E-state index contributed by atoms with van der Waals surface area (Å²) in [6, 6.07) is 21.7. The summed E-state index contributed by atoms with van der Waals surface area (Å²) in [6.07, 6.45) is 1.73. The quantitative estimate of drug-likeness (QED) is 0.114. The predicted octanol–water partition coefficient (Wildman–Crippen LogP) is 6.24. The van der Waals surface area contributed by atoms with Gasteiger partial charge in [-0.25, -0.2) is 0 Å². The van der Waals surface area contributed by atoms with Crippen LogP contribution in [-0.4, -0.2) is 11.5 Å². The van der Waals surface area contributed by atoms with Crippen molar-refractivity contribution >= 4 is 39.9 Å². The van der Waals surface area contributed by atoms with Gasteiger partial charge in [0.05, 0.1) is 26.7 Å². The van der Waals surface area contributed by atoms with Gasteiger partial charge in [0, 0.05) is 12.1 Å². The maximum Gasteiger partial charge on any atom is 0.269 e. The van der Waals surface area contributed by atoms with Gasteiger partial charge in [0.25, 0.3) is 5.69 Å². The van der Waals surface area contributed by atoms with E-state index < -0.39 is 4.92 Å². The summed E-state index contributed by atoms with van der Waals surface area (Å²) < 4.78 is 12.7. The Bertz CT molecular complexity index is 1140. The SMILES string of the molecule is CCOc1cc(/C=C(/C#N)c2ccc([N+](=O)[O-])cc2)cc(I)c1OCc1ccccc1. The molecule has 3 rings (SSSR count). The molecule has 0 aromatic heterocycles. The standard InChI is InChI=1S/C24H19IN2O4/c1-2-30-23-14-18(12-20(15-26)19-8-10-21(11-9-19)27(28)29)13-22(25)24(23)31-16-17-6-4-3-5-7-17/h3-14H,2,16H2,1H3/b20-12-. The molecule has 0 amide bonds. The maximum absolute atomic E-state index is 10.9. The van der Waals surface area contributed by atoms with E-state index >= 15 is 0 Å². The lowest BCUT2D eigenvalue weighted by Crippen LogP contribution is -2.02. The van der Waals surface area contributed by atoms with E-state index in [4.69, 9.17) is 9.47 Å². The first-order valence-corrected chi connectivity index (χ1v) is 10.6. The Hall–Kier alpha value is -3.38. The topological polar surface area (TPSA) is 85.4 Å². The molecular formula is C24H19IN2O4. The maximum atomic E-state index is 10.9. The Morgan fingerprint density at radius 2 is 1.84 bits per heavy atom. The summed E-state index contributed by atoms with van der Waals surface area (Å²) in [4.78, 5) is 10.4. The van der Waals surface area contributed by atoms with Crippen LogP contribution >= 0.6 is 22.6 Å². The number of halogens is 1. The van der Waals surface area contributed by atoms with Crippen LogP contribution in [-0.2, 0) is 6.61 Å². The van der Waals surface area contributed by atoms with Crippen LogP contribution in [0.15, 0.2) is 66.7 Å². The van der Waals surface area contributed by atoms with Crippen LogP contribution in [0.5, 0.6) is 11.5 Å². The molecule has 7 heteroatoms. The molecule has 156 valence electrons. The van der Waals surface area contributed by atoms with Gasteiger partial charge in [0.2, 0.25) is 0 Å². The van der Waals surface area contributed by atoms with Crippen molar-refractivity contribution in [2.75, 3.05) is 6.61 Å². The minimum atomic E-state index is -0.468. The van der Waals surface area contributed by atoms with Crippen LogP contribution in [0.25, 0.3) is 11.6 Å². The Morgan fingerprint density at radius 1 is 1.13 bits per heavy atom. The summed E-state index contributed by atoms with van der Waals surface area (Å²) in [6.45, 7) is 2.78. The molecule has 0 N–H and O–H groups in total. The summed E-state index contributed by atoms with van der Waals surface area (Å²) >= 11 is 2.19. The van der Waals surface area contributed by atoms with Gasteiger partial charge in [-0.3, -0.25) is 10.1 Å². The lowest BCUT2D eigenvalue weighted by molar-refractivity contribution is -0.384. The fourth-order valence-electron chi connectivity index (χ4n) is 2.91. The van der Waals surface area contributed by atoms with Crippen LogP contribution in [0.4, 0.5) is 5.69 Å². The average Bonchev–Trinajstić information content (AvgIpc) is 2.78. The minimum absolute atomic E-state index is 0.0193. The summed E-state index contributed by atoms with van der Waals surface area (Å²) in [5, 5.41) is 20.5. The number of allylic oxidation sites excluding steroid dienone is 1. The zero-order valence-corrected chi connectivity index (χ0v) is 18.9. The van der Waals surface area contributed by atoms with Gasteiger partial charge in [-0.2, -0.15) is 5.26 Å². The molecule has 0 spiro atoms. The van der Waals surface area contributed by atoms with Crippen molar-refractivity contribution in [3.63, 3.8) is 0 Å². The van der Waals surface area contributed by atoms with E-state index in [0.29, 0.717) is 35.8 Å². The monoisotopic (exact) mass is 526 g/mol. The van der Waals surface area contributed by atoms with E-state index in [-0.39, 0.29) is 5.69 Å². The van der Waals surface area contributed by atoms with Gasteiger partial charge in [-0.1, -0.05) is 30.3 Å². The van der Waals surface area contributed by atoms with Gasteiger partial charge in [-0.15, -0.1) is 0 Å². The van der Waals surface area contributed by atoms with E-state index in [1.165, 1.54) is 12.1 Å². The second-order valence-electron chi connectivity index (χ2n) is 6.51. The molecule has 0 aliphatic heterocycles. The normalized spacial score (nSPS) is 10.9. The third-order valence-electron chi connectivity index (χ3n) is 4.38. The molecule has 0 radical (unpaired) electrons. The molecule has 0 bridgehead atoms. The number of non-ortho nitro benzene ring substituents is 1. The summed E-state index contributed by atoms with van der Waals surface area (Å²) in [7, 11) is 0. The van der Waals surface area contributed by atoms with Crippen molar-refractivity contribution in [1.29, 1.82) is 5.26 Å².